The molecule has 0 fully saturated rings. The van der Waals surface area contributed by atoms with Crippen LogP contribution in [0.25, 0.3) is 10.9 Å². The largest absolute Gasteiger partial charge is 0.309 e. The molecule has 1 N–H and O–H groups in total. The van der Waals surface area contributed by atoms with Crippen molar-refractivity contribution < 1.29 is 0 Å². The molecule has 0 aliphatic heterocycles. The Morgan fingerprint density at radius 1 is 1.00 bits per heavy atom. The van der Waals surface area contributed by atoms with E-state index >= 15 is 0 Å². The predicted octanol–water partition coefficient (Wildman–Crippen LogP) is 4.11. The van der Waals surface area contributed by atoms with Crippen molar-refractivity contribution in [1.82, 2.24) is 10.3 Å². The van der Waals surface area contributed by atoms with E-state index in [0.29, 0.717) is 0 Å². The van der Waals surface area contributed by atoms with Gasteiger partial charge >= 0.3 is 0 Å². The van der Waals surface area contributed by atoms with E-state index in [0.717, 1.165) is 11.9 Å². The molecule has 21 heavy (non-hydrogen) atoms. The fourth-order valence-corrected chi connectivity index (χ4v) is 2.83. The summed E-state index contributed by atoms with van der Waals surface area (Å²) in [6.07, 6.45) is 2.92. The second kappa shape index (κ2) is 6.06. The third-order valence-corrected chi connectivity index (χ3v) is 4.00. The van der Waals surface area contributed by atoms with Gasteiger partial charge in [-0.1, -0.05) is 49.4 Å². The number of aromatic nitrogens is 1. The normalized spacial score (nSPS) is 12.5. The summed E-state index contributed by atoms with van der Waals surface area (Å²) in [5.41, 5.74) is 4.96. The molecule has 2 aromatic carbocycles. The second-order valence-corrected chi connectivity index (χ2v) is 5.23. The number of hydrogen-bond donors (Lipinski definition) is 1. The van der Waals surface area contributed by atoms with Crippen molar-refractivity contribution in [3.63, 3.8) is 0 Å². The number of benzene rings is 2. The molecule has 0 aliphatic carbocycles. The Kier molecular flexibility index (Phi) is 3.98. The molecule has 0 amide bonds. The van der Waals surface area contributed by atoms with Crippen molar-refractivity contribution >= 4 is 10.9 Å². The van der Waals surface area contributed by atoms with Gasteiger partial charge in [-0.15, -0.1) is 0 Å². The van der Waals surface area contributed by atoms with Gasteiger partial charge in [-0.05, 0) is 42.3 Å². The molecule has 106 valence electrons. The summed E-state index contributed by atoms with van der Waals surface area (Å²) in [6, 6.07) is 19.5. The van der Waals surface area contributed by atoms with Crippen LogP contribution in [0.4, 0.5) is 0 Å². The van der Waals surface area contributed by atoms with E-state index in [1.807, 2.05) is 19.3 Å². The lowest BCUT2D eigenvalue weighted by Crippen LogP contribution is -2.18. The van der Waals surface area contributed by atoms with Gasteiger partial charge in [-0.2, -0.15) is 0 Å². The summed E-state index contributed by atoms with van der Waals surface area (Å²) < 4.78 is 0. The molecule has 2 nitrogen and oxygen atoms in total. The van der Waals surface area contributed by atoms with Crippen LogP contribution in [-0.4, -0.2) is 12.0 Å². The smallest absolute Gasteiger partial charge is 0.0705 e. The van der Waals surface area contributed by atoms with Gasteiger partial charge in [-0.25, -0.2) is 0 Å². The second-order valence-electron chi connectivity index (χ2n) is 5.23. The highest BCUT2D eigenvalue weighted by molar-refractivity contribution is 5.83. The van der Waals surface area contributed by atoms with Crippen molar-refractivity contribution in [2.75, 3.05) is 7.05 Å². The third-order valence-electron chi connectivity index (χ3n) is 4.00. The van der Waals surface area contributed by atoms with Crippen molar-refractivity contribution in [2.24, 2.45) is 0 Å². The summed E-state index contributed by atoms with van der Waals surface area (Å²) in [4.78, 5) is 4.45. The fourth-order valence-electron chi connectivity index (χ4n) is 2.83. The molecule has 0 saturated heterocycles. The first-order valence-electron chi connectivity index (χ1n) is 7.43. The van der Waals surface area contributed by atoms with E-state index in [1.165, 1.54) is 22.1 Å². The van der Waals surface area contributed by atoms with Crippen molar-refractivity contribution in [1.29, 1.82) is 0 Å². The van der Waals surface area contributed by atoms with Crippen molar-refractivity contribution in [3.8, 4) is 0 Å². The van der Waals surface area contributed by atoms with Crippen molar-refractivity contribution in [2.45, 2.75) is 19.4 Å². The number of rotatable bonds is 4. The molecule has 1 atom stereocenters. The van der Waals surface area contributed by atoms with Gasteiger partial charge in [0, 0.05) is 11.6 Å². The van der Waals surface area contributed by atoms with Gasteiger partial charge in [0.2, 0.25) is 0 Å². The number of pyridine rings is 1. The molecule has 2 heteroatoms. The summed E-state index contributed by atoms with van der Waals surface area (Å²) in [5, 5.41) is 4.64. The minimum atomic E-state index is 0.184. The minimum Gasteiger partial charge on any atom is -0.309 e. The molecule has 3 aromatic rings. The van der Waals surface area contributed by atoms with Crippen LogP contribution >= 0.6 is 0 Å². The highest BCUT2D eigenvalue weighted by Crippen LogP contribution is 2.28. The highest BCUT2D eigenvalue weighted by atomic mass is 14.9. The van der Waals surface area contributed by atoms with E-state index in [2.05, 4.69) is 65.8 Å². The average molecular weight is 276 g/mol. The maximum atomic E-state index is 4.45. The number of nitrogens with zero attached hydrogens (tertiary/aromatic N) is 1. The van der Waals surface area contributed by atoms with E-state index in [-0.39, 0.29) is 6.04 Å². The molecule has 0 saturated carbocycles. The van der Waals surface area contributed by atoms with Crippen LogP contribution in [0.5, 0.6) is 0 Å². The lowest BCUT2D eigenvalue weighted by atomic mass is 9.94. The van der Waals surface area contributed by atoms with Gasteiger partial charge in [0.25, 0.3) is 0 Å². The molecule has 1 unspecified atom stereocenters. The van der Waals surface area contributed by atoms with Gasteiger partial charge in [0.05, 0.1) is 11.6 Å². The number of hydrogen-bond acceptors (Lipinski definition) is 2. The molecule has 1 aromatic heterocycles. The van der Waals surface area contributed by atoms with Crippen molar-refractivity contribution in [3.05, 3.63) is 77.5 Å². The van der Waals surface area contributed by atoms with E-state index < -0.39 is 0 Å². The van der Waals surface area contributed by atoms with E-state index in [1.54, 1.807) is 0 Å². The molecule has 1 heterocycles. The highest BCUT2D eigenvalue weighted by Gasteiger charge is 2.14. The standard InChI is InChI=1S/C19H20N2/c1-3-14-9-11-15(12-10-14)19(20-2)17-6-4-8-18-16(17)7-5-13-21-18/h4-13,19-20H,3H2,1-2H3. The Balaban J connectivity index is 2.09. The van der Waals surface area contributed by atoms with Crippen LogP contribution in [0.2, 0.25) is 0 Å². The zero-order chi connectivity index (χ0) is 14.7. The van der Waals surface area contributed by atoms with Gasteiger partial charge in [0.15, 0.2) is 0 Å². The molecule has 0 bridgehead atoms. The molecule has 0 radical (unpaired) electrons. The van der Waals surface area contributed by atoms with E-state index in [4.69, 9.17) is 0 Å². The van der Waals surface area contributed by atoms with Gasteiger partial charge < -0.3 is 5.32 Å². The quantitative estimate of drug-likeness (QED) is 0.776. The Hall–Kier alpha value is -2.19. The Bertz CT molecular complexity index is 727. The lowest BCUT2D eigenvalue weighted by Gasteiger charge is -2.19. The lowest BCUT2D eigenvalue weighted by molar-refractivity contribution is 0.696. The first kappa shape index (κ1) is 13.8. The summed E-state index contributed by atoms with van der Waals surface area (Å²) >= 11 is 0. The monoisotopic (exact) mass is 276 g/mol. The number of fused-ring (bicyclic) bond motifs is 1. The van der Waals surface area contributed by atoms with Crippen LogP contribution in [0.3, 0.4) is 0 Å². The summed E-state index contributed by atoms with van der Waals surface area (Å²) in [7, 11) is 2.01. The van der Waals surface area contributed by atoms with Crippen LogP contribution in [-0.2, 0) is 6.42 Å². The zero-order valence-electron chi connectivity index (χ0n) is 12.5. The molecule has 0 aliphatic rings. The Morgan fingerprint density at radius 2 is 1.81 bits per heavy atom. The summed E-state index contributed by atoms with van der Waals surface area (Å²) in [5.74, 6) is 0. The first-order chi connectivity index (χ1) is 10.3. The number of nitrogens with one attached hydrogen (secondary N) is 1. The first-order valence-corrected chi connectivity index (χ1v) is 7.43. The predicted molar refractivity (Wildman–Crippen MR) is 88.5 cm³/mol. The minimum absolute atomic E-state index is 0.184. The third kappa shape index (κ3) is 2.67. The van der Waals surface area contributed by atoms with Gasteiger partial charge in [0.1, 0.15) is 0 Å². The Labute approximate surface area is 125 Å². The van der Waals surface area contributed by atoms with Gasteiger partial charge in [-0.3, -0.25) is 4.98 Å². The topological polar surface area (TPSA) is 24.9 Å². The SMILES string of the molecule is CCc1ccc(C(NC)c2cccc3ncccc23)cc1. The Morgan fingerprint density at radius 3 is 2.52 bits per heavy atom. The maximum Gasteiger partial charge on any atom is 0.0705 e. The maximum absolute atomic E-state index is 4.45. The van der Waals surface area contributed by atoms with Crippen LogP contribution in [0.1, 0.15) is 29.7 Å². The zero-order valence-corrected chi connectivity index (χ0v) is 12.5. The van der Waals surface area contributed by atoms with Crippen LogP contribution < -0.4 is 5.32 Å². The van der Waals surface area contributed by atoms with Crippen LogP contribution in [0.15, 0.2) is 60.8 Å². The fraction of sp³-hybridized carbons (Fsp3) is 0.211. The molecule has 0 spiro atoms. The molecular formula is C19H20N2. The molecule has 3 rings (SSSR count). The average Bonchev–Trinajstić information content (AvgIpc) is 2.56. The molecular weight excluding hydrogens is 256 g/mol. The van der Waals surface area contributed by atoms with Crippen LogP contribution in [0, 0.1) is 0 Å². The summed E-state index contributed by atoms with van der Waals surface area (Å²) in [6.45, 7) is 2.18. The number of aryl methyl sites for hydroxylation is 1. The van der Waals surface area contributed by atoms with E-state index in [9.17, 15) is 0 Å².